The summed E-state index contributed by atoms with van der Waals surface area (Å²) in [6.45, 7) is 0.121. The van der Waals surface area contributed by atoms with Gasteiger partial charge in [0.05, 0.1) is 27.7 Å². The van der Waals surface area contributed by atoms with Crippen molar-refractivity contribution in [3.05, 3.63) is 46.7 Å². The first-order valence-corrected chi connectivity index (χ1v) is 7.46. The van der Waals surface area contributed by atoms with E-state index in [0.717, 1.165) is 5.69 Å². The van der Waals surface area contributed by atoms with Gasteiger partial charge in [-0.15, -0.1) is 0 Å². The molecule has 2 aromatic rings. The van der Waals surface area contributed by atoms with Crippen molar-refractivity contribution in [3.63, 3.8) is 0 Å². The van der Waals surface area contributed by atoms with Gasteiger partial charge in [0, 0.05) is 13.2 Å². The third-order valence-electron chi connectivity index (χ3n) is 2.74. The van der Waals surface area contributed by atoms with Crippen LogP contribution in [0.2, 0.25) is 5.02 Å². The van der Waals surface area contributed by atoms with E-state index in [1.807, 2.05) is 6.07 Å². The van der Waals surface area contributed by atoms with E-state index in [1.165, 1.54) is 18.2 Å². The molecule has 0 saturated heterocycles. The molecule has 0 aliphatic heterocycles. The summed E-state index contributed by atoms with van der Waals surface area (Å²) in [4.78, 5) is 0.0173. The number of hydrogen-bond acceptors (Lipinski definition) is 4. The summed E-state index contributed by atoms with van der Waals surface area (Å²) in [5, 5.41) is 12.8. The Bertz CT molecular complexity index is 777. The van der Waals surface area contributed by atoms with Gasteiger partial charge in [0.25, 0.3) is 0 Å². The minimum Gasteiger partial charge on any atom is -0.271 e. The van der Waals surface area contributed by atoms with E-state index >= 15 is 0 Å². The highest BCUT2D eigenvalue weighted by Crippen LogP contribution is 2.20. The lowest BCUT2D eigenvalue weighted by Crippen LogP contribution is -2.24. The van der Waals surface area contributed by atoms with E-state index in [4.69, 9.17) is 16.9 Å². The molecule has 20 heavy (non-hydrogen) atoms. The van der Waals surface area contributed by atoms with Crippen molar-refractivity contribution in [2.75, 3.05) is 0 Å². The van der Waals surface area contributed by atoms with Gasteiger partial charge in [-0.3, -0.25) is 4.68 Å². The van der Waals surface area contributed by atoms with Crippen LogP contribution in [0.5, 0.6) is 0 Å². The van der Waals surface area contributed by atoms with Crippen molar-refractivity contribution in [1.29, 1.82) is 5.26 Å². The van der Waals surface area contributed by atoms with Crippen LogP contribution in [0, 0.1) is 11.3 Å². The van der Waals surface area contributed by atoms with Gasteiger partial charge in [0.15, 0.2) is 0 Å². The summed E-state index contributed by atoms with van der Waals surface area (Å²) in [7, 11) is -1.96. The SMILES string of the molecule is Cn1nccc1CNS(=O)(=O)c1ccc(C#N)c(Cl)c1. The first-order chi connectivity index (χ1) is 9.44. The number of nitrogens with zero attached hydrogens (tertiary/aromatic N) is 3. The minimum absolute atomic E-state index is 0.0173. The molecule has 0 aliphatic rings. The fourth-order valence-corrected chi connectivity index (χ4v) is 2.89. The molecule has 1 N–H and O–H groups in total. The van der Waals surface area contributed by atoms with Crippen molar-refractivity contribution in [2.24, 2.45) is 7.05 Å². The Balaban J connectivity index is 2.21. The zero-order valence-electron chi connectivity index (χ0n) is 10.5. The Hall–Kier alpha value is -1.88. The zero-order chi connectivity index (χ0) is 14.8. The average Bonchev–Trinajstić information content (AvgIpc) is 2.82. The number of aromatic nitrogens is 2. The maximum Gasteiger partial charge on any atom is 0.240 e. The van der Waals surface area contributed by atoms with Crippen LogP contribution in [-0.4, -0.2) is 18.2 Å². The maximum atomic E-state index is 12.1. The average molecular weight is 311 g/mol. The van der Waals surface area contributed by atoms with Crippen LogP contribution < -0.4 is 4.72 Å². The number of nitriles is 1. The summed E-state index contributed by atoms with van der Waals surface area (Å²) in [5.74, 6) is 0. The first-order valence-electron chi connectivity index (χ1n) is 5.60. The molecule has 0 spiro atoms. The minimum atomic E-state index is -3.69. The Labute approximate surface area is 121 Å². The van der Waals surface area contributed by atoms with Crippen LogP contribution in [0.15, 0.2) is 35.4 Å². The summed E-state index contributed by atoms with van der Waals surface area (Å²) in [6.07, 6.45) is 1.59. The van der Waals surface area contributed by atoms with E-state index in [1.54, 1.807) is 24.0 Å². The zero-order valence-corrected chi connectivity index (χ0v) is 12.1. The van der Waals surface area contributed by atoms with Crippen LogP contribution in [0.25, 0.3) is 0 Å². The molecule has 2 rings (SSSR count). The van der Waals surface area contributed by atoms with Crippen LogP contribution in [0.4, 0.5) is 0 Å². The smallest absolute Gasteiger partial charge is 0.240 e. The number of hydrogen-bond donors (Lipinski definition) is 1. The Morgan fingerprint density at radius 2 is 2.20 bits per heavy atom. The van der Waals surface area contributed by atoms with Gasteiger partial charge in [-0.2, -0.15) is 10.4 Å². The third kappa shape index (κ3) is 2.99. The van der Waals surface area contributed by atoms with Gasteiger partial charge in [-0.25, -0.2) is 13.1 Å². The van der Waals surface area contributed by atoms with Gasteiger partial charge in [0.1, 0.15) is 6.07 Å². The van der Waals surface area contributed by atoms with Crippen molar-refractivity contribution in [2.45, 2.75) is 11.4 Å². The number of nitrogens with one attached hydrogen (secondary N) is 1. The van der Waals surface area contributed by atoms with Gasteiger partial charge in [0.2, 0.25) is 10.0 Å². The fraction of sp³-hybridized carbons (Fsp3) is 0.167. The molecule has 0 radical (unpaired) electrons. The Morgan fingerprint density at radius 3 is 2.75 bits per heavy atom. The lowest BCUT2D eigenvalue weighted by atomic mass is 10.2. The molecular formula is C12H11ClN4O2S. The molecule has 1 heterocycles. The second-order valence-electron chi connectivity index (χ2n) is 4.02. The highest BCUT2D eigenvalue weighted by Gasteiger charge is 2.16. The molecule has 0 fully saturated rings. The van der Waals surface area contributed by atoms with E-state index in [9.17, 15) is 8.42 Å². The van der Waals surface area contributed by atoms with Crippen molar-refractivity contribution in [1.82, 2.24) is 14.5 Å². The molecule has 0 unspecified atom stereocenters. The molecule has 6 nitrogen and oxygen atoms in total. The quantitative estimate of drug-likeness (QED) is 0.925. The van der Waals surface area contributed by atoms with E-state index in [2.05, 4.69) is 9.82 Å². The number of benzene rings is 1. The summed E-state index contributed by atoms with van der Waals surface area (Å²) in [6, 6.07) is 7.57. The molecule has 0 amide bonds. The molecule has 0 atom stereocenters. The second kappa shape index (κ2) is 5.63. The van der Waals surface area contributed by atoms with Crippen molar-refractivity contribution < 1.29 is 8.42 Å². The van der Waals surface area contributed by atoms with Crippen molar-refractivity contribution in [3.8, 4) is 6.07 Å². The van der Waals surface area contributed by atoms with Gasteiger partial charge < -0.3 is 0 Å². The van der Waals surface area contributed by atoms with Crippen LogP contribution >= 0.6 is 11.6 Å². The Morgan fingerprint density at radius 1 is 1.45 bits per heavy atom. The molecule has 8 heteroatoms. The molecule has 1 aromatic heterocycles. The summed E-state index contributed by atoms with van der Waals surface area (Å²) >= 11 is 5.83. The standard InChI is InChI=1S/C12H11ClN4O2S/c1-17-10(4-5-15-17)8-16-20(18,19)11-3-2-9(7-14)12(13)6-11/h2-6,16H,8H2,1H3. The second-order valence-corrected chi connectivity index (χ2v) is 6.20. The van der Waals surface area contributed by atoms with Crippen LogP contribution in [0.1, 0.15) is 11.3 Å². The molecular weight excluding hydrogens is 300 g/mol. The van der Waals surface area contributed by atoms with Gasteiger partial charge in [-0.05, 0) is 24.3 Å². The number of halogens is 1. The third-order valence-corrected chi connectivity index (χ3v) is 4.45. The van der Waals surface area contributed by atoms with Crippen LogP contribution in [0.3, 0.4) is 0 Å². The highest BCUT2D eigenvalue weighted by molar-refractivity contribution is 7.89. The maximum absolute atomic E-state index is 12.1. The number of aryl methyl sites for hydroxylation is 1. The lowest BCUT2D eigenvalue weighted by molar-refractivity contribution is 0.577. The van der Waals surface area contributed by atoms with Gasteiger partial charge >= 0.3 is 0 Å². The highest BCUT2D eigenvalue weighted by atomic mass is 35.5. The van der Waals surface area contributed by atoms with Crippen LogP contribution in [-0.2, 0) is 23.6 Å². The lowest BCUT2D eigenvalue weighted by Gasteiger charge is -2.07. The predicted octanol–water partition coefficient (Wildman–Crippen LogP) is 1.42. The Kier molecular flexibility index (Phi) is 4.09. The molecule has 0 saturated carbocycles. The molecule has 0 bridgehead atoms. The van der Waals surface area contributed by atoms with E-state index in [-0.39, 0.29) is 22.0 Å². The molecule has 104 valence electrons. The van der Waals surface area contributed by atoms with E-state index in [0.29, 0.717) is 0 Å². The van der Waals surface area contributed by atoms with E-state index < -0.39 is 10.0 Å². The number of sulfonamides is 1. The first kappa shape index (κ1) is 14.5. The van der Waals surface area contributed by atoms with Gasteiger partial charge in [-0.1, -0.05) is 11.6 Å². The normalized spacial score (nSPS) is 11.2. The topological polar surface area (TPSA) is 87.8 Å². The predicted molar refractivity (Wildman–Crippen MR) is 73.4 cm³/mol. The molecule has 1 aromatic carbocycles. The fourth-order valence-electron chi connectivity index (χ4n) is 1.58. The summed E-state index contributed by atoms with van der Waals surface area (Å²) < 4.78 is 28.2. The van der Waals surface area contributed by atoms with Crippen molar-refractivity contribution >= 4 is 21.6 Å². The molecule has 0 aliphatic carbocycles. The number of rotatable bonds is 4. The monoisotopic (exact) mass is 310 g/mol. The summed E-state index contributed by atoms with van der Waals surface area (Å²) in [5.41, 5.74) is 0.963. The largest absolute Gasteiger partial charge is 0.271 e.